The summed E-state index contributed by atoms with van der Waals surface area (Å²) in [4.78, 5) is 9.76. The van der Waals surface area contributed by atoms with Crippen LogP contribution >= 0.6 is 11.3 Å². The largest absolute Gasteiger partial charge is 0.470 e. The smallest absolute Gasteiger partial charge is 0.242 e. The summed E-state index contributed by atoms with van der Waals surface area (Å²) >= 11 is 1.75. The van der Waals surface area contributed by atoms with E-state index in [-0.39, 0.29) is 6.10 Å². The first-order valence-electron chi connectivity index (χ1n) is 10.3. The molecule has 6 rings (SSSR count). The number of benzene rings is 1. The van der Waals surface area contributed by atoms with E-state index in [1.165, 1.54) is 15.6 Å². The molecule has 1 fully saturated rings. The van der Waals surface area contributed by atoms with E-state index in [9.17, 15) is 0 Å². The van der Waals surface area contributed by atoms with Gasteiger partial charge in [0, 0.05) is 37.0 Å². The molecule has 0 amide bonds. The Morgan fingerprint density at radius 3 is 3.00 bits per heavy atom. The molecule has 4 aromatic heterocycles. The van der Waals surface area contributed by atoms with Gasteiger partial charge in [0.05, 0.1) is 30.6 Å². The van der Waals surface area contributed by atoms with Crippen molar-refractivity contribution in [1.82, 2.24) is 24.3 Å². The fraction of sp³-hybridized carbons (Fsp3) is 0.261. The summed E-state index contributed by atoms with van der Waals surface area (Å²) < 4.78 is 17.0. The van der Waals surface area contributed by atoms with Crippen molar-refractivity contribution in [3.63, 3.8) is 0 Å². The first-order valence-corrected chi connectivity index (χ1v) is 11.2. The molecule has 0 N–H and O–H groups in total. The van der Waals surface area contributed by atoms with E-state index in [1.807, 2.05) is 36.3 Å². The van der Waals surface area contributed by atoms with Crippen LogP contribution in [0.1, 0.15) is 17.8 Å². The third-order valence-corrected chi connectivity index (χ3v) is 6.61. The Labute approximate surface area is 182 Å². The lowest BCUT2D eigenvalue weighted by atomic mass is 10.1. The number of nitrogens with zero attached hydrogens (tertiary/aromatic N) is 5. The standard InChI is InChI=1S/C23H21N5O2S/c1-27-12-16(11-24-27)28-8-6-19-22(28)23(30-17-7-9-29-13-17)26-21(25-19)10-15-14-31-20-5-3-2-4-18(15)20/h2-6,8,11-12,14,17H,7,9-10,13H2,1H3/t17-/m0/s1. The predicted octanol–water partition coefficient (Wildman–Crippen LogP) is 4.13. The molecule has 0 radical (unpaired) electrons. The zero-order chi connectivity index (χ0) is 20.8. The number of aryl methyl sites for hydroxylation is 1. The minimum atomic E-state index is 0.00479. The Morgan fingerprint density at radius 1 is 1.23 bits per heavy atom. The molecule has 0 aliphatic carbocycles. The van der Waals surface area contributed by atoms with Crippen molar-refractivity contribution in [1.29, 1.82) is 0 Å². The van der Waals surface area contributed by atoms with E-state index >= 15 is 0 Å². The Balaban J connectivity index is 1.45. The van der Waals surface area contributed by atoms with Gasteiger partial charge in [-0.3, -0.25) is 4.68 Å². The quantitative estimate of drug-likeness (QED) is 0.419. The molecule has 1 aliphatic rings. The van der Waals surface area contributed by atoms with Crippen LogP contribution in [0.2, 0.25) is 0 Å². The van der Waals surface area contributed by atoms with Crippen LogP contribution in [-0.4, -0.2) is 43.6 Å². The SMILES string of the molecule is Cn1cc(-n2ccc3nc(Cc4csc5ccccc45)nc(O[C@H]4CCOC4)c32)cn1. The third-order valence-electron chi connectivity index (χ3n) is 5.59. The van der Waals surface area contributed by atoms with Gasteiger partial charge in [-0.25, -0.2) is 4.98 Å². The van der Waals surface area contributed by atoms with E-state index in [0.29, 0.717) is 18.9 Å². The van der Waals surface area contributed by atoms with Crippen LogP contribution < -0.4 is 4.74 Å². The van der Waals surface area contributed by atoms with E-state index < -0.39 is 0 Å². The number of aromatic nitrogens is 5. The van der Waals surface area contributed by atoms with Gasteiger partial charge in [0.2, 0.25) is 5.88 Å². The van der Waals surface area contributed by atoms with Gasteiger partial charge in [-0.2, -0.15) is 10.1 Å². The number of ether oxygens (including phenoxy) is 2. The number of hydrogen-bond acceptors (Lipinski definition) is 6. The fourth-order valence-corrected chi connectivity index (χ4v) is 5.03. The van der Waals surface area contributed by atoms with Gasteiger partial charge < -0.3 is 14.0 Å². The normalized spacial score (nSPS) is 16.5. The zero-order valence-corrected chi connectivity index (χ0v) is 17.9. The minimum absolute atomic E-state index is 0.00479. The Morgan fingerprint density at radius 2 is 2.16 bits per heavy atom. The van der Waals surface area contributed by atoms with Gasteiger partial charge >= 0.3 is 0 Å². The molecule has 5 aromatic rings. The average molecular weight is 432 g/mol. The molecular formula is C23H21N5O2S. The number of rotatable bonds is 5. The second kappa shape index (κ2) is 7.47. The Bertz CT molecular complexity index is 1380. The van der Waals surface area contributed by atoms with Gasteiger partial charge in [0.15, 0.2) is 0 Å². The van der Waals surface area contributed by atoms with Gasteiger partial charge in [0.1, 0.15) is 17.4 Å². The van der Waals surface area contributed by atoms with Gasteiger partial charge in [-0.1, -0.05) is 18.2 Å². The first kappa shape index (κ1) is 18.5. The van der Waals surface area contributed by atoms with Crippen LogP contribution in [0.4, 0.5) is 0 Å². The van der Waals surface area contributed by atoms with Crippen LogP contribution in [0.3, 0.4) is 0 Å². The lowest BCUT2D eigenvalue weighted by Gasteiger charge is -2.14. The van der Waals surface area contributed by atoms with Crippen molar-refractivity contribution in [3.8, 4) is 11.6 Å². The summed E-state index contributed by atoms with van der Waals surface area (Å²) in [6, 6.07) is 10.5. The molecule has 0 unspecified atom stereocenters. The topological polar surface area (TPSA) is 67.0 Å². The van der Waals surface area contributed by atoms with Gasteiger partial charge in [0.25, 0.3) is 0 Å². The maximum atomic E-state index is 6.34. The number of fused-ring (bicyclic) bond motifs is 2. The monoisotopic (exact) mass is 431 g/mol. The summed E-state index contributed by atoms with van der Waals surface area (Å²) in [5.74, 6) is 1.36. The summed E-state index contributed by atoms with van der Waals surface area (Å²) in [5.41, 5.74) is 3.91. The number of hydrogen-bond donors (Lipinski definition) is 0. The van der Waals surface area contributed by atoms with Gasteiger partial charge in [-0.15, -0.1) is 11.3 Å². The van der Waals surface area contributed by atoms with Gasteiger partial charge in [-0.05, 0) is 28.5 Å². The van der Waals surface area contributed by atoms with Crippen LogP contribution in [0.5, 0.6) is 5.88 Å². The second-order valence-corrected chi connectivity index (χ2v) is 8.69. The van der Waals surface area contributed by atoms with Crippen LogP contribution in [0, 0.1) is 0 Å². The molecular weight excluding hydrogens is 410 g/mol. The highest BCUT2D eigenvalue weighted by atomic mass is 32.1. The zero-order valence-electron chi connectivity index (χ0n) is 17.1. The molecule has 1 atom stereocenters. The molecule has 8 heteroatoms. The summed E-state index contributed by atoms with van der Waals surface area (Å²) in [6.07, 6.45) is 7.32. The molecule has 1 saturated heterocycles. The lowest BCUT2D eigenvalue weighted by molar-refractivity contribution is 0.139. The van der Waals surface area contributed by atoms with Crippen molar-refractivity contribution in [2.45, 2.75) is 18.9 Å². The summed E-state index contributed by atoms with van der Waals surface area (Å²) in [7, 11) is 1.91. The average Bonchev–Trinajstić information content (AvgIpc) is 3.56. The molecule has 31 heavy (non-hydrogen) atoms. The fourth-order valence-electron chi connectivity index (χ4n) is 4.07. The molecule has 1 aromatic carbocycles. The number of thiophene rings is 1. The molecule has 0 saturated carbocycles. The molecule has 156 valence electrons. The maximum Gasteiger partial charge on any atom is 0.242 e. The third kappa shape index (κ3) is 3.37. The predicted molar refractivity (Wildman–Crippen MR) is 120 cm³/mol. The van der Waals surface area contributed by atoms with Crippen LogP contribution in [0.25, 0.3) is 26.8 Å². The van der Waals surface area contributed by atoms with Crippen LogP contribution in [-0.2, 0) is 18.2 Å². The molecule has 1 aliphatic heterocycles. The highest BCUT2D eigenvalue weighted by Gasteiger charge is 2.22. The molecule has 7 nitrogen and oxygen atoms in total. The summed E-state index contributed by atoms with van der Waals surface area (Å²) in [6.45, 7) is 1.31. The maximum absolute atomic E-state index is 6.34. The van der Waals surface area contributed by atoms with E-state index in [1.54, 1.807) is 16.0 Å². The second-order valence-electron chi connectivity index (χ2n) is 7.77. The Kier molecular flexibility index (Phi) is 4.47. The van der Waals surface area contributed by atoms with E-state index in [4.69, 9.17) is 19.4 Å². The van der Waals surface area contributed by atoms with E-state index in [2.05, 4.69) is 34.7 Å². The van der Waals surface area contributed by atoms with Crippen molar-refractivity contribution >= 4 is 32.5 Å². The van der Waals surface area contributed by atoms with Crippen molar-refractivity contribution in [2.24, 2.45) is 7.05 Å². The van der Waals surface area contributed by atoms with Crippen molar-refractivity contribution in [3.05, 3.63) is 65.7 Å². The highest BCUT2D eigenvalue weighted by molar-refractivity contribution is 7.17. The molecule has 0 bridgehead atoms. The Hall–Kier alpha value is -3.23. The molecule has 5 heterocycles. The summed E-state index contributed by atoms with van der Waals surface area (Å²) in [5, 5.41) is 7.76. The minimum Gasteiger partial charge on any atom is -0.470 e. The first-order chi connectivity index (χ1) is 15.2. The highest BCUT2D eigenvalue weighted by Crippen LogP contribution is 2.31. The van der Waals surface area contributed by atoms with E-state index in [0.717, 1.165) is 35.6 Å². The lowest BCUT2D eigenvalue weighted by Crippen LogP contribution is -2.18. The van der Waals surface area contributed by atoms with Crippen molar-refractivity contribution in [2.75, 3.05) is 13.2 Å². The molecule has 0 spiro atoms. The van der Waals surface area contributed by atoms with Crippen molar-refractivity contribution < 1.29 is 9.47 Å². The van der Waals surface area contributed by atoms with Crippen LogP contribution in [0.15, 0.2) is 54.3 Å².